The molecule has 2 rings (SSSR count). The van der Waals surface area contributed by atoms with Crippen LogP contribution >= 0.6 is 0 Å². The van der Waals surface area contributed by atoms with Crippen molar-refractivity contribution in [2.24, 2.45) is 5.73 Å². The highest BCUT2D eigenvalue weighted by atomic mass is 16.8. The third-order valence-electron chi connectivity index (χ3n) is 1.82. The molecule has 2 heterocycles. The molecule has 0 saturated carbocycles. The molecular weight excluding hydrogens is 134 g/mol. The first-order valence-electron chi connectivity index (χ1n) is 3.44. The van der Waals surface area contributed by atoms with Gasteiger partial charge < -0.3 is 19.9 Å². The molecule has 2 aliphatic rings. The van der Waals surface area contributed by atoms with Crippen LogP contribution < -0.4 is 5.73 Å². The van der Waals surface area contributed by atoms with Crippen LogP contribution in [0.25, 0.3) is 0 Å². The molecular formula is C6H11NO3. The van der Waals surface area contributed by atoms with E-state index in [2.05, 4.69) is 0 Å². The summed E-state index contributed by atoms with van der Waals surface area (Å²) in [7, 11) is 0. The molecule has 1 spiro atoms. The van der Waals surface area contributed by atoms with Crippen LogP contribution in [-0.4, -0.2) is 38.3 Å². The van der Waals surface area contributed by atoms with Gasteiger partial charge in [-0.1, -0.05) is 0 Å². The number of hydrogen-bond donors (Lipinski definition) is 1. The third-order valence-corrected chi connectivity index (χ3v) is 1.82. The molecule has 0 amide bonds. The van der Waals surface area contributed by atoms with E-state index in [1.807, 2.05) is 0 Å². The summed E-state index contributed by atoms with van der Waals surface area (Å²) >= 11 is 0. The average Bonchev–Trinajstić information content (AvgIpc) is 2.29. The molecule has 2 fully saturated rings. The van der Waals surface area contributed by atoms with E-state index in [9.17, 15) is 0 Å². The van der Waals surface area contributed by atoms with Crippen molar-refractivity contribution >= 4 is 0 Å². The molecule has 58 valence electrons. The Balaban J connectivity index is 1.92. The molecule has 0 aromatic carbocycles. The predicted octanol–water partition coefficient (Wildman–Crippen LogP) is -0.913. The summed E-state index contributed by atoms with van der Waals surface area (Å²) in [5, 5.41) is 0. The molecule has 0 aliphatic carbocycles. The Kier molecular flexibility index (Phi) is 1.42. The van der Waals surface area contributed by atoms with Crippen molar-refractivity contribution < 1.29 is 14.2 Å². The molecule has 10 heavy (non-hydrogen) atoms. The Labute approximate surface area is 59.2 Å². The van der Waals surface area contributed by atoms with Gasteiger partial charge in [-0.2, -0.15) is 0 Å². The highest BCUT2D eigenvalue weighted by Crippen LogP contribution is 2.30. The number of hydrogen-bond acceptors (Lipinski definition) is 4. The Hall–Kier alpha value is -0.160. The summed E-state index contributed by atoms with van der Waals surface area (Å²) in [6, 6.07) is 0. The maximum absolute atomic E-state index is 5.46. The minimum atomic E-state index is -0.413. The van der Waals surface area contributed by atoms with Gasteiger partial charge >= 0.3 is 0 Å². The van der Waals surface area contributed by atoms with Crippen LogP contribution in [0.2, 0.25) is 0 Å². The van der Waals surface area contributed by atoms with Crippen LogP contribution in [-0.2, 0) is 14.2 Å². The van der Waals surface area contributed by atoms with Crippen molar-refractivity contribution in [1.29, 1.82) is 0 Å². The molecule has 1 atom stereocenters. The third kappa shape index (κ3) is 0.845. The quantitative estimate of drug-likeness (QED) is 0.519. The van der Waals surface area contributed by atoms with E-state index in [1.54, 1.807) is 0 Å². The second-order valence-corrected chi connectivity index (χ2v) is 2.69. The zero-order valence-electron chi connectivity index (χ0n) is 5.71. The van der Waals surface area contributed by atoms with Gasteiger partial charge in [0.1, 0.15) is 13.2 Å². The molecule has 0 radical (unpaired) electrons. The van der Waals surface area contributed by atoms with Crippen molar-refractivity contribution in [3.8, 4) is 0 Å². The van der Waals surface area contributed by atoms with E-state index in [-0.39, 0.29) is 6.10 Å². The molecule has 2 saturated heterocycles. The van der Waals surface area contributed by atoms with Crippen LogP contribution in [0.15, 0.2) is 0 Å². The van der Waals surface area contributed by atoms with Crippen LogP contribution in [0.1, 0.15) is 0 Å². The Morgan fingerprint density at radius 2 is 2.30 bits per heavy atom. The van der Waals surface area contributed by atoms with Gasteiger partial charge in [0.2, 0.25) is 5.79 Å². The van der Waals surface area contributed by atoms with Crippen molar-refractivity contribution in [3.63, 3.8) is 0 Å². The fourth-order valence-electron chi connectivity index (χ4n) is 1.15. The van der Waals surface area contributed by atoms with Crippen LogP contribution in [0, 0.1) is 0 Å². The van der Waals surface area contributed by atoms with Gasteiger partial charge in [0.15, 0.2) is 0 Å². The Bertz CT molecular complexity index is 135. The zero-order chi connectivity index (χ0) is 7.03. The monoisotopic (exact) mass is 145 g/mol. The molecule has 2 N–H and O–H groups in total. The summed E-state index contributed by atoms with van der Waals surface area (Å²) < 4.78 is 15.8. The maximum Gasteiger partial charge on any atom is 0.216 e. The smallest absolute Gasteiger partial charge is 0.216 e. The largest absolute Gasteiger partial charge is 0.370 e. The van der Waals surface area contributed by atoms with Crippen molar-refractivity contribution in [1.82, 2.24) is 0 Å². The van der Waals surface area contributed by atoms with E-state index in [0.29, 0.717) is 26.4 Å². The molecule has 0 bridgehead atoms. The molecule has 4 nitrogen and oxygen atoms in total. The second kappa shape index (κ2) is 2.17. The summed E-state index contributed by atoms with van der Waals surface area (Å²) in [4.78, 5) is 0. The van der Waals surface area contributed by atoms with Crippen molar-refractivity contribution in [3.05, 3.63) is 0 Å². The average molecular weight is 145 g/mol. The van der Waals surface area contributed by atoms with Crippen molar-refractivity contribution in [2.75, 3.05) is 26.4 Å². The molecule has 0 aromatic heterocycles. The van der Waals surface area contributed by atoms with Crippen molar-refractivity contribution in [2.45, 2.75) is 11.9 Å². The SMILES string of the molecule is NCC1COC2(COC2)O1. The van der Waals surface area contributed by atoms with E-state index in [4.69, 9.17) is 19.9 Å². The number of nitrogens with two attached hydrogens (primary N) is 1. The van der Waals surface area contributed by atoms with Crippen LogP contribution in [0.4, 0.5) is 0 Å². The van der Waals surface area contributed by atoms with E-state index < -0.39 is 5.79 Å². The lowest BCUT2D eigenvalue weighted by Gasteiger charge is -2.35. The van der Waals surface area contributed by atoms with E-state index in [1.165, 1.54) is 0 Å². The molecule has 2 aliphatic heterocycles. The fraction of sp³-hybridized carbons (Fsp3) is 1.00. The fourth-order valence-corrected chi connectivity index (χ4v) is 1.15. The highest BCUT2D eigenvalue weighted by Gasteiger charge is 2.47. The lowest BCUT2D eigenvalue weighted by atomic mass is 10.2. The topological polar surface area (TPSA) is 53.7 Å². The first-order chi connectivity index (χ1) is 4.85. The standard InChI is InChI=1S/C6H11NO3/c7-1-5-2-9-6(10-5)3-8-4-6/h5H,1-4,7H2. The second-order valence-electron chi connectivity index (χ2n) is 2.69. The van der Waals surface area contributed by atoms with Gasteiger partial charge in [-0.25, -0.2) is 0 Å². The lowest BCUT2D eigenvalue weighted by molar-refractivity contribution is -0.297. The number of rotatable bonds is 1. The maximum atomic E-state index is 5.46. The predicted molar refractivity (Wildman–Crippen MR) is 33.4 cm³/mol. The van der Waals surface area contributed by atoms with Gasteiger partial charge in [0, 0.05) is 6.54 Å². The number of ether oxygens (including phenoxy) is 3. The summed E-state index contributed by atoms with van der Waals surface area (Å²) in [6.07, 6.45) is 0.0731. The molecule has 0 aromatic rings. The summed E-state index contributed by atoms with van der Waals surface area (Å²) in [5.41, 5.74) is 5.39. The van der Waals surface area contributed by atoms with Gasteiger partial charge in [0.05, 0.1) is 12.7 Å². The Morgan fingerprint density at radius 3 is 2.60 bits per heavy atom. The normalized spacial score (nSPS) is 36.3. The lowest BCUT2D eigenvalue weighted by Crippen LogP contribution is -2.51. The minimum Gasteiger partial charge on any atom is -0.370 e. The van der Waals surface area contributed by atoms with Crippen LogP contribution in [0.5, 0.6) is 0 Å². The van der Waals surface area contributed by atoms with Crippen LogP contribution in [0.3, 0.4) is 0 Å². The van der Waals surface area contributed by atoms with Gasteiger partial charge in [-0.3, -0.25) is 0 Å². The zero-order valence-corrected chi connectivity index (χ0v) is 5.71. The van der Waals surface area contributed by atoms with E-state index >= 15 is 0 Å². The summed E-state index contributed by atoms with van der Waals surface area (Å²) in [6.45, 7) is 2.26. The molecule has 4 heteroatoms. The van der Waals surface area contributed by atoms with Gasteiger partial charge in [0.25, 0.3) is 0 Å². The minimum absolute atomic E-state index is 0.0731. The first kappa shape index (κ1) is 6.54. The Morgan fingerprint density at radius 1 is 1.50 bits per heavy atom. The van der Waals surface area contributed by atoms with Gasteiger partial charge in [-0.05, 0) is 0 Å². The molecule has 1 unspecified atom stereocenters. The van der Waals surface area contributed by atoms with Gasteiger partial charge in [-0.15, -0.1) is 0 Å². The van der Waals surface area contributed by atoms with E-state index in [0.717, 1.165) is 0 Å². The first-order valence-corrected chi connectivity index (χ1v) is 3.44. The summed E-state index contributed by atoms with van der Waals surface area (Å²) in [5.74, 6) is -0.413. The highest BCUT2D eigenvalue weighted by molar-refractivity contribution is 4.84.